The molecule has 1 fully saturated rings. The van der Waals surface area contributed by atoms with E-state index < -0.39 is 28.6 Å². The van der Waals surface area contributed by atoms with Gasteiger partial charge in [0.25, 0.3) is 0 Å². The summed E-state index contributed by atoms with van der Waals surface area (Å²) in [5.41, 5.74) is 0.0932. The first kappa shape index (κ1) is 26.9. The van der Waals surface area contributed by atoms with E-state index in [0.717, 1.165) is 0 Å². The number of benzene rings is 3. The summed E-state index contributed by atoms with van der Waals surface area (Å²) in [5, 5.41) is 42.8. The lowest BCUT2D eigenvalue weighted by Crippen LogP contribution is -2.47. The van der Waals surface area contributed by atoms with Crippen LogP contribution in [0.3, 0.4) is 0 Å². The predicted octanol–water partition coefficient (Wildman–Crippen LogP) is 3.59. The van der Waals surface area contributed by atoms with Crippen LogP contribution in [0, 0.1) is 0 Å². The SMILES string of the molecule is COc1ccc([C@H](CC(=O)N2CCN(C)CC2)c2c(O)c(O)c(O)c3c(=O)cc(-c4ccccc4)oc23)cc1O. The summed E-state index contributed by atoms with van der Waals surface area (Å²) >= 11 is 0. The van der Waals surface area contributed by atoms with Crippen LogP contribution in [0.15, 0.2) is 63.8 Å². The Balaban J connectivity index is 1.74. The van der Waals surface area contributed by atoms with Crippen molar-refractivity contribution in [2.75, 3.05) is 40.3 Å². The molecule has 4 N–H and O–H groups in total. The Morgan fingerprint density at radius 2 is 1.65 bits per heavy atom. The highest BCUT2D eigenvalue weighted by Gasteiger charge is 2.33. The van der Waals surface area contributed by atoms with E-state index >= 15 is 0 Å². The van der Waals surface area contributed by atoms with Crippen molar-refractivity contribution in [3.8, 4) is 40.1 Å². The van der Waals surface area contributed by atoms with E-state index in [1.165, 1.54) is 25.3 Å². The van der Waals surface area contributed by atoms with Crippen molar-refractivity contribution in [1.29, 1.82) is 0 Å². The molecule has 10 nitrogen and oxygen atoms in total. The van der Waals surface area contributed by atoms with Gasteiger partial charge in [-0.05, 0) is 24.7 Å². The number of carbonyl (C=O) groups excluding carboxylic acids is 1. The highest BCUT2D eigenvalue weighted by atomic mass is 16.5. The molecular weight excluding hydrogens is 516 g/mol. The number of carbonyl (C=O) groups is 1. The van der Waals surface area contributed by atoms with Gasteiger partial charge in [0.15, 0.2) is 28.4 Å². The zero-order chi connectivity index (χ0) is 28.6. The monoisotopic (exact) mass is 546 g/mol. The van der Waals surface area contributed by atoms with Gasteiger partial charge in [0.2, 0.25) is 11.7 Å². The standard InChI is InChI=1S/C30H30N2O8/c1-31-10-12-32(13-11-31)24(35)15-19(18-8-9-22(39-2)20(33)14-18)25-27(36)29(38)28(37)26-21(34)16-23(40-30(25)26)17-6-4-3-5-7-17/h3-9,14,16,19,33,36-38H,10-13,15H2,1-2H3/t19-/m0/s1. The first-order valence-electron chi connectivity index (χ1n) is 12.8. The van der Waals surface area contributed by atoms with Gasteiger partial charge in [-0.15, -0.1) is 0 Å². The van der Waals surface area contributed by atoms with Crippen molar-refractivity contribution in [2.45, 2.75) is 12.3 Å². The molecule has 1 saturated heterocycles. The zero-order valence-corrected chi connectivity index (χ0v) is 22.1. The lowest BCUT2D eigenvalue weighted by Gasteiger charge is -2.33. The third-order valence-corrected chi connectivity index (χ3v) is 7.38. The predicted molar refractivity (Wildman–Crippen MR) is 148 cm³/mol. The van der Waals surface area contributed by atoms with Crippen LogP contribution in [0.4, 0.5) is 0 Å². The van der Waals surface area contributed by atoms with Gasteiger partial charge in [-0.3, -0.25) is 9.59 Å². The minimum absolute atomic E-state index is 0.0628. The Labute approximate surface area is 229 Å². The lowest BCUT2D eigenvalue weighted by molar-refractivity contribution is -0.133. The van der Waals surface area contributed by atoms with Crippen molar-refractivity contribution in [2.24, 2.45) is 0 Å². The van der Waals surface area contributed by atoms with E-state index in [0.29, 0.717) is 37.3 Å². The van der Waals surface area contributed by atoms with E-state index in [-0.39, 0.29) is 46.1 Å². The third kappa shape index (κ3) is 4.89. The molecule has 0 radical (unpaired) electrons. The smallest absolute Gasteiger partial charge is 0.223 e. The van der Waals surface area contributed by atoms with Crippen molar-refractivity contribution in [1.82, 2.24) is 9.80 Å². The minimum atomic E-state index is -0.980. The number of amides is 1. The second-order valence-corrected chi connectivity index (χ2v) is 9.88. The molecule has 1 atom stereocenters. The largest absolute Gasteiger partial charge is 0.504 e. The van der Waals surface area contributed by atoms with Crippen LogP contribution in [0.2, 0.25) is 0 Å². The highest BCUT2D eigenvalue weighted by Crippen LogP contribution is 2.50. The van der Waals surface area contributed by atoms with Gasteiger partial charge in [-0.2, -0.15) is 0 Å². The molecule has 5 rings (SSSR count). The van der Waals surface area contributed by atoms with Gasteiger partial charge in [0.05, 0.1) is 7.11 Å². The Hall–Kier alpha value is -4.70. The van der Waals surface area contributed by atoms with Gasteiger partial charge in [-0.25, -0.2) is 0 Å². The van der Waals surface area contributed by atoms with E-state index in [1.807, 2.05) is 7.05 Å². The molecule has 0 spiro atoms. The van der Waals surface area contributed by atoms with E-state index in [2.05, 4.69) is 4.90 Å². The number of likely N-dealkylation sites (N-methyl/N-ethyl adjacent to an activating group) is 1. The molecule has 0 aliphatic carbocycles. The van der Waals surface area contributed by atoms with Crippen molar-refractivity contribution < 1.29 is 34.4 Å². The third-order valence-electron chi connectivity index (χ3n) is 7.38. The Bertz CT molecular complexity index is 1630. The molecule has 2 heterocycles. The molecule has 10 heteroatoms. The van der Waals surface area contributed by atoms with Gasteiger partial charge < -0.3 is 39.4 Å². The number of ether oxygens (including phenoxy) is 1. The molecule has 4 aromatic rings. The summed E-state index contributed by atoms with van der Waals surface area (Å²) in [6, 6.07) is 14.5. The highest BCUT2D eigenvalue weighted by molar-refractivity contribution is 5.94. The van der Waals surface area contributed by atoms with Crippen LogP contribution in [0.1, 0.15) is 23.5 Å². The molecule has 0 bridgehead atoms. The van der Waals surface area contributed by atoms with Crippen LogP contribution in [0.25, 0.3) is 22.3 Å². The van der Waals surface area contributed by atoms with Gasteiger partial charge in [-0.1, -0.05) is 36.4 Å². The molecule has 208 valence electrons. The summed E-state index contributed by atoms with van der Waals surface area (Å²) in [6.45, 7) is 2.42. The number of hydrogen-bond donors (Lipinski definition) is 4. The maximum Gasteiger partial charge on any atom is 0.223 e. The fourth-order valence-corrected chi connectivity index (χ4v) is 5.11. The summed E-state index contributed by atoms with van der Waals surface area (Å²) in [4.78, 5) is 30.6. The number of methoxy groups -OCH3 is 1. The minimum Gasteiger partial charge on any atom is -0.504 e. The molecule has 40 heavy (non-hydrogen) atoms. The molecule has 1 aromatic heterocycles. The van der Waals surface area contributed by atoms with E-state index in [9.17, 15) is 30.0 Å². The van der Waals surface area contributed by atoms with Crippen molar-refractivity contribution in [3.63, 3.8) is 0 Å². The van der Waals surface area contributed by atoms with Crippen LogP contribution < -0.4 is 10.2 Å². The molecule has 1 aliphatic heterocycles. The van der Waals surface area contributed by atoms with Crippen LogP contribution in [0.5, 0.6) is 28.7 Å². The van der Waals surface area contributed by atoms with Crippen LogP contribution in [-0.2, 0) is 4.79 Å². The molecule has 0 saturated carbocycles. The first-order chi connectivity index (χ1) is 19.2. The zero-order valence-electron chi connectivity index (χ0n) is 22.1. The first-order valence-corrected chi connectivity index (χ1v) is 12.8. The number of rotatable bonds is 6. The fraction of sp³-hybridized carbons (Fsp3) is 0.267. The second kappa shape index (κ2) is 10.8. The Morgan fingerprint density at radius 3 is 2.30 bits per heavy atom. The number of phenolic OH excluding ortho intramolecular Hbond substituents is 4. The number of nitrogens with zero attached hydrogens (tertiary/aromatic N) is 2. The second-order valence-electron chi connectivity index (χ2n) is 9.88. The lowest BCUT2D eigenvalue weighted by atomic mass is 9.85. The maximum absolute atomic E-state index is 13.6. The van der Waals surface area contributed by atoms with E-state index in [1.54, 1.807) is 41.3 Å². The Kier molecular flexibility index (Phi) is 7.27. The molecule has 1 aliphatic rings. The summed E-state index contributed by atoms with van der Waals surface area (Å²) < 4.78 is 11.3. The molecule has 0 unspecified atom stereocenters. The van der Waals surface area contributed by atoms with Crippen LogP contribution >= 0.6 is 0 Å². The maximum atomic E-state index is 13.6. The Morgan fingerprint density at radius 1 is 0.950 bits per heavy atom. The molecule has 1 amide bonds. The fourth-order valence-electron chi connectivity index (χ4n) is 5.11. The van der Waals surface area contributed by atoms with Crippen molar-refractivity contribution >= 4 is 16.9 Å². The van der Waals surface area contributed by atoms with Crippen molar-refractivity contribution in [3.05, 3.63) is 75.9 Å². The summed E-state index contributed by atoms with van der Waals surface area (Å²) in [7, 11) is 3.38. The van der Waals surface area contributed by atoms with Crippen LogP contribution in [-0.4, -0.2) is 76.5 Å². The number of phenols is 4. The topological polar surface area (TPSA) is 144 Å². The normalized spacial score (nSPS) is 14.8. The summed E-state index contributed by atoms with van der Waals surface area (Å²) in [5.74, 6) is -3.50. The molecular formula is C30H30N2O8. The average molecular weight is 547 g/mol. The van der Waals surface area contributed by atoms with E-state index in [4.69, 9.17) is 9.15 Å². The van der Waals surface area contributed by atoms with Gasteiger partial charge in [0, 0.05) is 55.7 Å². The number of fused-ring (bicyclic) bond motifs is 1. The number of aromatic hydroxyl groups is 4. The quantitative estimate of drug-likeness (QED) is 0.267. The molecule has 3 aromatic carbocycles. The summed E-state index contributed by atoms with van der Waals surface area (Å²) in [6.07, 6.45) is -0.179. The van der Waals surface area contributed by atoms with Gasteiger partial charge in [0.1, 0.15) is 16.7 Å². The number of piperazine rings is 1. The average Bonchev–Trinajstić information content (AvgIpc) is 2.95. The van der Waals surface area contributed by atoms with Gasteiger partial charge >= 0.3 is 0 Å². The number of hydrogen-bond acceptors (Lipinski definition) is 9.